The number of benzene rings is 2. The number of rotatable bonds is 4. The van der Waals surface area contributed by atoms with Crippen LogP contribution in [0.5, 0.6) is 5.75 Å². The first kappa shape index (κ1) is 15.6. The van der Waals surface area contributed by atoms with Crippen molar-refractivity contribution in [1.82, 2.24) is 4.90 Å². The van der Waals surface area contributed by atoms with Crippen LogP contribution in [0.2, 0.25) is 5.02 Å². The fraction of sp³-hybridized carbons (Fsp3) is 0.235. The van der Waals surface area contributed by atoms with Crippen molar-refractivity contribution in [2.45, 2.75) is 6.04 Å². The van der Waals surface area contributed by atoms with E-state index in [9.17, 15) is 9.18 Å². The first-order chi connectivity index (χ1) is 11.1. The van der Waals surface area contributed by atoms with E-state index in [-0.39, 0.29) is 5.82 Å². The number of ether oxygens (including phenoxy) is 2. The van der Waals surface area contributed by atoms with Gasteiger partial charge in [0.05, 0.1) is 19.7 Å². The van der Waals surface area contributed by atoms with E-state index in [1.54, 1.807) is 42.3 Å². The molecule has 1 aliphatic heterocycles. The predicted molar refractivity (Wildman–Crippen MR) is 84.3 cm³/mol. The number of cyclic esters (lactones) is 1. The maximum Gasteiger partial charge on any atom is 0.410 e. The van der Waals surface area contributed by atoms with Gasteiger partial charge in [0, 0.05) is 10.6 Å². The van der Waals surface area contributed by atoms with Crippen LogP contribution < -0.4 is 4.74 Å². The van der Waals surface area contributed by atoms with E-state index in [0.717, 1.165) is 11.1 Å². The molecule has 6 heteroatoms. The van der Waals surface area contributed by atoms with Crippen molar-refractivity contribution >= 4 is 17.7 Å². The number of nitrogens with zero attached hydrogens (tertiary/aromatic N) is 1. The smallest absolute Gasteiger partial charge is 0.410 e. The van der Waals surface area contributed by atoms with Gasteiger partial charge in [0.1, 0.15) is 18.2 Å². The average molecular weight is 336 g/mol. The molecule has 1 atom stereocenters. The number of carbonyl (C=O) groups is 1. The van der Waals surface area contributed by atoms with Crippen molar-refractivity contribution < 1.29 is 18.7 Å². The zero-order chi connectivity index (χ0) is 16.4. The van der Waals surface area contributed by atoms with Crippen molar-refractivity contribution in [3.63, 3.8) is 0 Å². The van der Waals surface area contributed by atoms with Crippen LogP contribution >= 0.6 is 11.6 Å². The third-order valence-corrected chi connectivity index (χ3v) is 4.01. The van der Waals surface area contributed by atoms with Gasteiger partial charge in [-0.3, -0.25) is 4.90 Å². The topological polar surface area (TPSA) is 38.8 Å². The Morgan fingerprint density at radius 2 is 2.00 bits per heavy atom. The fourth-order valence-corrected chi connectivity index (χ4v) is 2.89. The lowest BCUT2D eigenvalue weighted by Gasteiger charge is -2.28. The molecule has 1 saturated heterocycles. The second-order valence-electron chi connectivity index (χ2n) is 5.15. The molecular formula is C17H15ClFNO3. The largest absolute Gasteiger partial charge is 0.496 e. The van der Waals surface area contributed by atoms with Crippen molar-refractivity contribution in [3.8, 4) is 5.75 Å². The lowest BCUT2D eigenvalue weighted by Crippen LogP contribution is -2.30. The summed E-state index contributed by atoms with van der Waals surface area (Å²) < 4.78 is 23.7. The molecule has 3 rings (SSSR count). The Labute approximate surface area is 138 Å². The highest BCUT2D eigenvalue weighted by Gasteiger charge is 2.33. The lowest BCUT2D eigenvalue weighted by atomic mass is 9.96. The maximum atomic E-state index is 13.3. The molecule has 1 heterocycles. The number of hydrogen-bond acceptors (Lipinski definition) is 3. The van der Waals surface area contributed by atoms with Crippen LogP contribution in [-0.4, -0.2) is 31.3 Å². The molecule has 2 aromatic rings. The summed E-state index contributed by atoms with van der Waals surface area (Å²) in [5, 5.41) is 0.535. The van der Waals surface area contributed by atoms with Crippen LogP contribution in [0.1, 0.15) is 17.2 Å². The van der Waals surface area contributed by atoms with Gasteiger partial charge < -0.3 is 9.47 Å². The standard InChI is InChI=1S/C17H15ClFNO3/c1-22-15-10-12(18)4-7-14(15)16(20-8-9-23-17(20)21)11-2-5-13(19)6-3-11/h2-7,10,16H,8-9H2,1H3/t16-/m0/s1. The summed E-state index contributed by atoms with van der Waals surface area (Å²) >= 11 is 6.02. The van der Waals surface area contributed by atoms with E-state index >= 15 is 0 Å². The summed E-state index contributed by atoms with van der Waals surface area (Å²) in [6.07, 6.45) is -0.406. The van der Waals surface area contributed by atoms with Crippen molar-refractivity contribution in [2.75, 3.05) is 20.3 Å². The molecule has 120 valence electrons. The Morgan fingerprint density at radius 3 is 2.61 bits per heavy atom. The highest BCUT2D eigenvalue weighted by Crippen LogP contribution is 2.37. The average Bonchev–Trinajstić information content (AvgIpc) is 2.96. The molecule has 1 amide bonds. The Kier molecular flexibility index (Phi) is 4.39. The van der Waals surface area contributed by atoms with E-state index in [2.05, 4.69) is 0 Å². The number of hydrogen-bond donors (Lipinski definition) is 0. The number of halogens is 2. The highest BCUT2D eigenvalue weighted by molar-refractivity contribution is 6.30. The van der Waals surface area contributed by atoms with Gasteiger partial charge in [-0.1, -0.05) is 29.8 Å². The van der Waals surface area contributed by atoms with Crippen LogP contribution in [0.3, 0.4) is 0 Å². The van der Waals surface area contributed by atoms with Crippen LogP contribution in [-0.2, 0) is 4.74 Å². The van der Waals surface area contributed by atoms with Gasteiger partial charge in [-0.05, 0) is 29.8 Å². The molecule has 0 aliphatic carbocycles. The summed E-state index contributed by atoms with van der Waals surface area (Å²) in [7, 11) is 1.54. The Balaban J connectivity index is 2.12. The third-order valence-electron chi connectivity index (χ3n) is 3.78. The van der Waals surface area contributed by atoms with Gasteiger partial charge in [-0.25, -0.2) is 9.18 Å². The fourth-order valence-electron chi connectivity index (χ4n) is 2.72. The highest BCUT2D eigenvalue weighted by atomic mass is 35.5. The molecule has 0 N–H and O–H groups in total. The van der Waals surface area contributed by atoms with Gasteiger partial charge in [0.25, 0.3) is 0 Å². The van der Waals surface area contributed by atoms with Gasteiger partial charge in [-0.15, -0.1) is 0 Å². The zero-order valence-electron chi connectivity index (χ0n) is 12.5. The normalized spacial score (nSPS) is 15.4. The molecule has 0 radical (unpaired) electrons. The van der Waals surface area contributed by atoms with E-state index in [0.29, 0.717) is 23.9 Å². The predicted octanol–water partition coefficient (Wildman–Crippen LogP) is 4.03. The SMILES string of the molecule is COc1cc(Cl)ccc1[C@H](c1ccc(F)cc1)N1CCOC1=O. The molecule has 1 aliphatic rings. The second-order valence-corrected chi connectivity index (χ2v) is 5.58. The maximum absolute atomic E-state index is 13.3. The minimum absolute atomic E-state index is 0.326. The Morgan fingerprint density at radius 1 is 1.26 bits per heavy atom. The van der Waals surface area contributed by atoms with Crippen LogP contribution in [0.4, 0.5) is 9.18 Å². The van der Waals surface area contributed by atoms with Gasteiger partial charge in [0.2, 0.25) is 0 Å². The number of methoxy groups -OCH3 is 1. The van der Waals surface area contributed by atoms with E-state index in [1.165, 1.54) is 12.1 Å². The molecule has 0 aromatic heterocycles. The molecule has 2 aromatic carbocycles. The first-order valence-corrected chi connectivity index (χ1v) is 7.50. The summed E-state index contributed by atoms with van der Waals surface area (Å²) in [6, 6.07) is 10.8. The zero-order valence-corrected chi connectivity index (χ0v) is 13.2. The van der Waals surface area contributed by atoms with Gasteiger partial charge in [-0.2, -0.15) is 0 Å². The minimum Gasteiger partial charge on any atom is -0.496 e. The molecule has 1 fully saturated rings. The summed E-state index contributed by atoms with van der Waals surface area (Å²) in [5.74, 6) is 0.228. The Bertz CT molecular complexity index is 720. The second kappa shape index (κ2) is 6.46. The van der Waals surface area contributed by atoms with Crippen molar-refractivity contribution in [1.29, 1.82) is 0 Å². The number of amides is 1. The Hall–Kier alpha value is -2.27. The molecule has 23 heavy (non-hydrogen) atoms. The third kappa shape index (κ3) is 3.10. The van der Waals surface area contributed by atoms with Crippen molar-refractivity contribution in [2.24, 2.45) is 0 Å². The van der Waals surface area contributed by atoms with Crippen LogP contribution in [0.15, 0.2) is 42.5 Å². The molecule has 0 spiro atoms. The van der Waals surface area contributed by atoms with Crippen molar-refractivity contribution in [3.05, 3.63) is 64.4 Å². The van der Waals surface area contributed by atoms with E-state index < -0.39 is 12.1 Å². The summed E-state index contributed by atoms with van der Waals surface area (Å²) in [6.45, 7) is 0.777. The molecule has 4 nitrogen and oxygen atoms in total. The molecule has 0 saturated carbocycles. The number of carbonyl (C=O) groups excluding carboxylic acids is 1. The van der Waals surface area contributed by atoms with Gasteiger partial charge >= 0.3 is 6.09 Å². The first-order valence-electron chi connectivity index (χ1n) is 7.12. The van der Waals surface area contributed by atoms with E-state index in [4.69, 9.17) is 21.1 Å². The van der Waals surface area contributed by atoms with Crippen LogP contribution in [0.25, 0.3) is 0 Å². The summed E-state index contributed by atoms with van der Waals surface area (Å²) in [4.78, 5) is 13.7. The monoisotopic (exact) mass is 335 g/mol. The molecular weight excluding hydrogens is 321 g/mol. The summed E-state index contributed by atoms with van der Waals surface area (Å²) in [5.41, 5.74) is 1.54. The molecule has 0 unspecified atom stereocenters. The van der Waals surface area contributed by atoms with Gasteiger partial charge in [0.15, 0.2) is 0 Å². The minimum atomic E-state index is -0.433. The molecule has 0 bridgehead atoms. The van der Waals surface area contributed by atoms with Crippen LogP contribution in [0, 0.1) is 5.82 Å². The lowest BCUT2D eigenvalue weighted by molar-refractivity contribution is 0.152. The van der Waals surface area contributed by atoms with E-state index in [1.807, 2.05) is 0 Å². The quantitative estimate of drug-likeness (QED) is 0.846.